The van der Waals surface area contributed by atoms with Crippen molar-refractivity contribution in [3.05, 3.63) is 24.5 Å². The molecule has 2 N–H and O–H groups in total. The Morgan fingerprint density at radius 2 is 2.27 bits per heavy atom. The van der Waals surface area contributed by atoms with E-state index in [1.165, 1.54) is 0 Å². The fourth-order valence-electron chi connectivity index (χ4n) is 1.44. The van der Waals surface area contributed by atoms with Crippen molar-refractivity contribution in [1.29, 1.82) is 0 Å². The predicted octanol–water partition coefficient (Wildman–Crippen LogP) is 0.992. The van der Waals surface area contributed by atoms with Crippen molar-refractivity contribution in [3.8, 4) is 0 Å². The van der Waals surface area contributed by atoms with Gasteiger partial charge in [0.1, 0.15) is 0 Å². The Labute approximate surface area is 87.8 Å². The van der Waals surface area contributed by atoms with Gasteiger partial charge in [0.25, 0.3) is 0 Å². The van der Waals surface area contributed by atoms with E-state index in [1.807, 2.05) is 0 Å². The van der Waals surface area contributed by atoms with E-state index in [-0.39, 0.29) is 12.1 Å². The van der Waals surface area contributed by atoms with E-state index in [2.05, 4.69) is 15.6 Å². The second kappa shape index (κ2) is 4.75. The number of urea groups is 1. The number of nitrogens with zero attached hydrogens (tertiary/aromatic N) is 1. The lowest BCUT2D eigenvalue weighted by molar-refractivity contribution is 0.189. The summed E-state index contributed by atoms with van der Waals surface area (Å²) >= 11 is 0. The first-order chi connectivity index (χ1) is 7.34. The predicted molar refractivity (Wildman–Crippen MR) is 55.6 cm³/mol. The number of anilines is 1. The quantitative estimate of drug-likeness (QED) is 0.760. The number of pyridine rings is 1. The Morgan fingerprint density at radius 3 is 2.93 bits per heavy atom. The van der Waals surface area contributed by atoms with Crippen molar-refractivity contribution in [2.45, 2.75) is 12.5 Å². The first-order valence-corrected chi connectivity index (χ1v) is 4.90. The molecule has 1 aromatic heterocycles. The zero-order valence-corrected chi connectivity index (χ0v) is 8.27. The molecule has 1 aromatic rings. The molecule has 0 spiro atoms. The minimum atomic E-state index is -0.197. The molecule has 1 fully saturated rings. The molecule has 0 radical (unpaired) electrons. The van der Waals surface area contributed by atoms with Crippen LogP contribution in [-0.2, 0) is 4.74 Å². The van der Waals surface area contributed by atoms with Crippen molar-refractivity contribution in [2.75, 3.05) is 18.5 Å². The van der Waals surface area contributed by atoms with Crippen molar-refractivity contribution < 1.29 is 9.53 Å². The number of ether oxygens (including phenoxy) is 1. The van der Waals surface area contributed by atoms with Gasteiger partial charge in [0.15, 0.2) is 0 Å². The first-order valence-electron chi connectivity index (χ1n) is 4.90. The van der Waals surface area contributed by atoms with Crippen LogP contribution in [0.5, 0.6) is 0 Å². The van der Waals surface area contributed by atoms with Crippen LogP contribution in [0.4, 0.5) is 10.5 Å². The topological polar surface area (TPSA) is 63.2 Å². The molecule has 1 atom stereocenters. The lowest BCUT2D eigenvalue weighted by Gasteiger charge is -2.11. The van der Waals surface area contributed by atoms with E-state index in [4.69, 9.17) is 4.74 Å². The van der Waals surface area contributed by atoms with Crippen LogP contribution in [0, 0.1) is 0 Å². The molecule has 2 rings (SSSR count). The second-order valence-corrected chi connectivity index (χ2v) is 3.39. The normalized spacial score (nSPS) is 19.9. The Kier molecular flexibility index (Phi) is 3.14. The third-order valence-corrected chi connectivity index (χ3v) is 2.20. The molecule has 15 heavy (non-hydrogen) atoms. The smallest absolute Gasteiger partial charge is 0.319 e. The summed E-state index contributed by atoms with van der Waals surface area (Å²) in [6.45, 7) is 1.32. The van der Waals surface area contributed by atoms with Crippen LogP contribution in [0.25, 0.3) is 0 Å². The molecule has 5 heteroatoms. The minimum absolute atomic E-state index is 0.131. The maximum Gasteiger partial charge on any atom is 0.319 e. The summed E-state index contributed by atoms with van der Waals surface area (Å²) in [5.41, 5.74) is 0.737. The molecule has 5 nitrogen and oxygen atoms in total. The summed E-state index contributed by atoms with van der Waals surface area (Å²) < 4.78 is 5.16. The monoisotopic (exact) mass is 207 g/mol. The zero-order chi connectivity index (χ0) is 10.5. The highest BCUT2D eigenvalue weighted by atomic mass is 16.5. The molecule has 1 aliphatic rings. The Morgan fingerprint density at radius 1 is 1.47 bits per heavy atom. The van der Waals surface area contributed by atoms with Crippen LogP contribution in [0.15, 0.2) is 24.5 Å². The SMILES string of the molecule is O=C(Nc1ccncc1)NC1CCOC1. The van der Waals surface area contributed by atoms with Crippen LogP contribution in [-0.4, -0.2) is 30.3 Å². The Balaban J connectivity index is 1.82. The van der Waals surface area contributed by atoms with Gasteiger partial charge in [-0.05, 0) is 18.6 Å². The van der Waals surface area contributed by atoms with E-state index in [1.54, 1.807) is 24.5 Å². The molecular formula is C10H13N3O2. The van der Waals surface area contributed by atoms with Gasteiger partial charge < -0.3 is 15.4 Å². The summed E-state index contributed by atoms with van der Waals surface area (Å²) in [4.78, 5) is 15.3. The van der Waals surface area contributed by atoms with Gasteiger partial charge in [-0.15, -0.1) is 0 Å². The Hall–Kier alpha value is -1.62. The van der Waals surface area contributed by atoms with Crippen LogP contribution in [0.3, 0.4) is 0 Å². The van der Waals surface area contributed by atoms with Gasteiger partial charge in [-0.1, -0.05) is 0 Å². The zero-order valence-electron chi connectivity index (χ0n) is 8.27. The van der Waals surface area contributed by atoms with Gasteiger partial charge in [0, 0.05) is 24.7 Å². The minimum Gasteiger partial charge on any atom is -0.379 e. The fraction of sp³-hybridized carbons (Fsp3) is 0.400. The lowest BCUT2D eigenvalue weighted by Crippen LogP contribution is -2.38. The molecule has 1 aliphatic heterocycles. The van der Waals surface area contributed by atoms with Gasteiger partial charge in [-0.2, -0.15) is 0 Å². The number of rotatable bonds is 2. The average molecular weight is 207 g/mol. The first kappa shape index (κ1) is 9.92. The highest BCUT2D eigenvalue weighted by Gasteiger charge is 2.17. The Bertz CT molecular complexity index is 323. The third-order valence-electron chi connectivity index (χ3n) is 2.20. The van der Waals surface area contributed by atoms with E-state index in [0.717, 1.165) is 18.7 Å². The average Bonchev–Trinajstić information content (AvgIpc) is 2.71. The van der Waals surface area contributed by atoms with Gasteiger partial charge in [-0.3, -0.25) is 4.98 Å². The van der Waals surface area contributed by atoms with E-state index in [9.17, 15) is 4.79 Å². The molecule has 0 bridgehead atoms. The fourth-order valence-corrected chi connectivity index (χ4v) is 1.44. The third kappa shape index (κ3) is 2.92. The van der Waals surface area contributed by atoms with Crippen LogP contribution in [0.2, 0.25) is 0 Å². The molecule has 1 unspecified atom stereocenters. The summed E-state index contributed by atoms with van der Waals surface area (Å²) in [5, 5.41) is 5.56. The summed E-state index contributed by atoms with van der Waals surface area (Å²) in [5.74, 6) is 0. The maximum atomic E-state index is 11.5. The molecule has 0 saturated carbocycles. The number of hydrogen-bond donors (Lipinski definition) is 2. The number of hydrogen-bond acceptors (Lipinski definition) is 3. The molecule has 0 aliphatic carbocycles. The summed E-state index contributed by atoms with van der Waals surface area (Å²) in [6.07, 6.45) is 4.15. The van der Waals surface area contributed by atoms with Crippen molar-refractivity contribution in [3.63, 3.8) is 0 Å². The number of aromatic nitrogens is 1. The van der Waals surface area contributed by atoms with Gasteiger partial charge >= 0.3 is 6.03 Å². The molecule has 80 valence electrons. The number of amides is 2. The van der Waals surface area contributed by atoms with Crippen molar-refractivity contribution in [2.24, 2.45) is 0 Å². The number of carbonyl (C=O) groups excluding carboxylic acids is 1. The summed E-state index contributed by atoms with van der Waals surface area (Å²) in [7, 11) is 0. The molecule has 1 saturated heterocycles. The van der Waals surface area contributed by atoms with Crippen LogP contribution in [0.1, 0.15) is 6.42 Å². The van der Waals surface area contributed by atoms with Crippen molar-refractivity contribution >= 4 is 11.7 Å². The lowest BCUT2D eigenvalue weighted by atomic mass is 10.3. The molecular weight excluding hydrogens is 194 g/mol. The largest absolute Gasteiger partial charge is 0.379 e. The van der Waals surface area contributed by atoms with E-state index >= 15 is 0 Å². The van der Waals surface area contributed by atoms with Crippen LogP contribution < -0.4 is 10.6 Å². The van der Waals surface area contributed by atoms with Crippen LogP contribution >= 0.6 is 0 Å². The second-order valence-electron chi connectivity index (χ2n) is 3.39. The molecule has 2 heterocycles. The van der Waals surface area contributed by atoms with E-state index in [0.29, 0.717) is 6.61 Å². The highest BCUT2D eigenvalue weighted by Crippen LogP contribution is 2.05. The highest BCUT2D eigenvalue weighted by molar-refractivity contribution is 5.89. The number of carbonyl (C=O) groups is 1. The van der Waals surface area contributed by atoms with Gasteiger partial charge in [-0.25, -0.2) is 4.79 Å². The number of nitrogens with one attached hydrogen (secondary N) is 2. The van der Waals surface area contributed by atoms with E-state index < -0.39 is 0 Å². The van der Waals surface area contributed by atoms with Crippen molar-refractivity contribution in [1.82, 2.24) is 10.3 Å². The standard InChI is InChI=1S/C10H13N3O2/c14-10(13-9-3-6-15-7-9)12-8-1-4-11-5-2-8/h1-2,4-5,9H,3,6-7H2,(H2,11,12,13,14). The van der Waals surface area contributed by atoms with Gasteiger partial charge in [0.05, 0.1) is 12.6 Å². The summed E-state index contributed by atoms with van der Waals surface area (Å²) in [6, 6.07) is 3.42. The molecule has 2 amide bonds. The molecule has 0 aromatic carbocycles. The van der Waals surface area contributed by atoms with Gasteiger partial charge in [0.2, 0.25) is 0 Å². The maximum absolute atomic E-state index is 11.5.